The smallest absolute Gasteiger partial charge is 0.163 e. The Hall–Kier alpha value is -1.000. The van der Waals surface area contributed by atoms with E-state index in [0.717, 1.165) is 24.1 Å². The van der Waals surface area contributed by atoms with E-state index in [1.807, 2.05) is 6.92 Å². The maximum atomic E-state index is 9.96. The summed E-state index contributed by atoms with van der Waals surface area (Å²) in [6.07, 6.45) is 1.49. The van der Waals surface area contributed by atoms with Crippen LogP contribution in [0.15, 0.2) is 18.2 Å². The van der Waals surface area contributed by atoms with E-state index in [-0.39, 0.29) is 0 Å². The fourth-order valence-electron chi connectivity index (χ4n) is 2.08. The van der Waals surface area contributed by atoms with E-state index in [0.29, 0.717) is 10.9 Å². The van der Waals surface area contributed by atoms with Crippen molar-refractivity contribution in [2.45, 2.75) is 32.9 Å². The lowest BCUT2D eigenvalue weighted by Gasteiger charge is -2.24. The van der Waals surface area contributed by atoms with Crippen LogP contribution in [0.2, 0.25) is 0 Å². The average molecular weight is 250 g/mol. The monoisotopic (exact) mass is 250 g/mol. The van der Waals surface area contributed by atoms with Crippen LogP contribution in [-0.2, 0) is 6.42 Å². The summed E-state index contributed by atoms with van der Waals surface area (Å²) in [7, 11) is 0. The molecular weight excluding hydrogens is 232 g/mol. The van der Waals surface area contributed by atoms with Crippen LogP contribution in [-0.4, -0.2) is 22.3 Å². The second-order valence-corrected chi connectivity index (χ2v) is 5.36. The minimum Gasteiger partial charge on any atom is -0.372 e. The zero-order valence-electron chi connectivity index (χ0n) is 10.2. The van der Waals surface area contributed by atoms with Crippen LogP contribution in [0.25, 0.3) is 0 Å². The number of amidine groups is 1. The molecule has 1 unspecified atom stereocenters. The number of aryl methyl sites for hydroxylation is 2. The molecule has 1 aliphatic rings. The average Bonchev–Trinajstić information content (AvgIpc) is 2.62. The van der Waals surface area contributed by atoms with Crippen molar-refractivity contribution in [3.8, 4) is 0 Å². The Morgan fingerprint density at radius 2 is 2.29 bits per heavy atom. The van der Waals surface area contributed by atoms with Gasteiger partial charge in [0, 0.05) is 11.4 Å². The van der Waals surface area contributed by atoms with Crippen LogP contribution < -0.4 is 4.90 Å². The van der Waals surface area contributed by atoms with E-state index in [9.17, 15) is 5.11 Å². The summed E-state index contributed by atoms with van der Waals surface area (Å²) in [5.41, 5.74) is 3.37. The van der Waals surface area contributed by atoms with Gasteiger partial charge in [0.05, 0.1) is 0 Å². The van der Waals surface area contributed by atoms with Crippen molar-refractivity contribution in [3.05, 3.63) is 29.3 Å². The van der Waals surface area contributed by atoms with Crippen molar-refractivity contribution in [2.24, 2.45) is 0 Å². The lowest BCUT2D eigenvalue weighted by Crippen LogP contribution is -2.34. The number of benzene rings is 1. The first-order chi connectivity index (χ1) is 8.13. The van der Waals surface area contributed by atoms with Crippen molar-refractivity contribution >= 4 is 22.6 Å². The minimum atomic E-state index is -0.565. The first-order valence-corrected chi connectivity index (χ1v) is 6.90. The predicted octanol–water partition coefficient (Wildman–Crippen LogP) is 2.75. The highest BCUT2D eigenvalue weighted by Crippen LogP contribution is 2.32. The van der Waals surface area contributed by atoms with Crippen LogP contribution in [0.5, 0.6) is 0 Å². The van der Waals surface area contributed by atoms with Gasteiger partial charge >= 0.3 is 0 Å². The van der Waals surface area contributed by atoms with Gasteiger partial charge in [-0.05, 0) is 30.5 Å². The highest BCUT2D eigenvalue weighted by Gasteiger charge is 2.29. The number of rotatable bonds is 3. The molecule has 2 N–H and O–H groups in total. The van der Waals surface area contributed by atoms with Crippen LogP contribution in [0, 0.1) is 12.3 Å². The van der Waals surface area contributed by atoms with Crippen LogP contribution >= 0.6 is 11.8 Å². The summed E-state index contributed by atoms with van der Waals surface area (Å²) in [5, 5.41) is 18.3. The molecule has 0 bridgehead atoms. The third kappa shape index (κ3) is 2.48. The molecule has 1 aliphatic heterocycles. The summed E-state index contributed by atoms with van der Waals surface area (Å²) in [5.74, 6) is 0.582. The fraction of sp³-hybridized carbons (Fsp3) is 0.462. The second-order valence-electron chi connectivity index (χ2n) is 4.35. The quantitative estimate of drug-likeness (QED) is 0.867. The van der Waals surface area contributed by atoms with Gasteiger partial charge in [-0.2, -0.15) is 0 Å². The molecule has 1 aromatic carbocycles. The zero-order chi connectivity index (χ0) is 12.4. The van der Waals surface area contributed by atoms with Gasteiger partial charge in [0.15, 0.2) is 5.17 Å². The molecule has 0 aromatic heterocycles. The minimum absolute atomic E-state index is 0.445. The van der Waals surface area contributed by atoms with Gasteiger partial charge in [-0.15, -0.1) is 0 Å². The molecule has 17 heavy (non-hydrogen) atoms. The Balaban J connectivity index is 2.41. The Morgan fingerprint density at radius 3 is 2.88 bits per heavy atom. The summed E-state index contributed by atoms with van der Waals surface area (Å²) in [6.45, 7) is 4.18. The number of hydrogen-bond donors (Lipinski definition) is 2. The lowest BCUT2D eigenvalue weighted by atomic mass is 10.0. The SMILES string of the molecule is CCCc1ccc(C)cc1N1C(=N)SCC1O. The Morgan fingerprint density at radius 1 is 1.53 bits per heavy atom. The summed E-state index contributed by atoms with van der Waals surface area (Å²) in [6, 6.07) is 6.26. The largest absolute Gasteiger partial charge is 0.372 e. The third-order valence-electron chi connectivity index (χ3n) is 2.91. The molecule has 0 amide bonds. The predicted molar refractivity (Wildman–Crippen MR) is 73.8 cm³/mol. The highest BCUT2D eigenvalue weighted by molar-refractivity contribution is 8.14. The number of aliphatic hydroxyl groups is 1. The first kappa shape index (κ1) is 12.5. The normalized spacial score (nSPS) is 20.1. The topological polar surface area (TPSA) is 47.3 Å². The standard InChI is InChI=1S/C13H18N2OS/c1-3-4-10-6-5-9(2)7-11(10)15-12(16)8-17-13(15)14/h5-7,12,14,16H,3-4,8H2,1-2H3. The van der Waals surface area contributed by atoms with Crippen molar-refractivity contribution in [1.82, 2.24) is 0 Å². The Labute approximate surface area is 106 Å². The molecule has 1 fully saturated rings. The van der Waals surface area contributed by atoms with Crippen molar-refractivity contribution in [2.75, 3.05) is 10.7 Å². The van der Waals surface area contributed by atoms with Gasteiger partial charge in [-0.1, -0.05) is 37.2 Å². The molecule has 0 saturated carbocycles. The van der Waals surface area contributed by atoms with Crippen molar-refractivity contribution < 1.29 is 5.11 Å². The van der Waals surface area contributed by atoms with Gasteiger partial charge in [0.2, 0.25) is 0 Å². The molecule has 1 saturated heterocycles. The number of nitrogens with zero attached hydrogens (tertiary/aromatic N) is 1. The molecule has 92 valence electrons. The van der Waals surface area contributed by atoms with E-state index in [1.54, 1.807) is 4.90 Å². The van der Waals surface area contributed by atoms with E-state index in [1.165, 1.54) is 17.3 Å². The third-order valence-corrected chi connectivity index (χ3v) is 3.84. The van der Waals surface area contributed by atoms with Gasteiger partial charge in [0.25, 0.3) is 0 Å². The first-order valence-electron chi connectivity index (χ1n) is 5.91. The van der Waals surface area contributed by atoms with E-state index in [4.69, 9.17) is 5.41 Å². The van der Waals surface area contributed by atoms with E-state index >= 15 is 0 Å². The van der Waals surface area contributed by atoms with Crippen LogP contribution in [0.3, 0.4) is 0 Å². The van der Waals surface area contributed by atoms with Crippen LogP contribution in [0.1, 0.15) is 24.5 Å². The fourth-order valence-corrected chi connectivity index (χ4v) is 2.90. The second kappa shape index (κ2) is 5.10. The number of thioether (sulfide) groups is 1. The molecule has 0 aliphatic carbocycles. The van der Waals surface area contributed by atoms with E-state index < -0.39 is 6.23 Å². The number of anilines is 1. The van der Waals surface area contributed by atoms with Gasteiger partial charge < -0.3 is 5.11 Å². The Kier molecular flexibility index (Phi) is 3.74. The molecule has 0 spiro atoms. The molecule has 1 aromatic rings. The van der Waals surface area contributed by atoms with Crippen molar-refractivity contribution in [1.29, 1.82) is 5.41 Å². The molecule has 1 heterocycles. The lowest BCUT2D eigenvalue weighted by molar-refractivity contribution is 0.213. The summed E-state index contributed by atoms with van der Waals surface area (Å²) >= 11 is 1.40. The number of nitrogens with one attached hydrogen (secondary N) is 1. The molecule has 4 heteroatoms. The summed E-state index contributed by atoms with van der Waals surface area (Å²) in [4.78, 5) is 1.74. The highest BCUT2D eigenvalue weighted by atomic mass is 32.2. The molecule has 3 nitrogen and oxygen atoms in total. The maximum Gasteiger partial charge on any atom is 0.163 e. The van der Waals surface area contributed by atoms with Gasteiger partial charge in [-0.25, -0.2) is 0 Å². The maximum absolute atomic E-state index is 9.96. The molecule has 1 atom stereocenters. The number of hydrogen-bond acceptors (Lipinski definition) is 3. The summed E-state index contributed by atoms with van der Waals surface area (Å²) < 4.78 is 0. The molecule has 0 radical (unpaired) electrons. The Bertz CT molecular complexity index is 433. The number of aliphatic hydroxyl groups excluding tert-OH is 1. The van der Waals surface area contributed by atoms with E-state index in [2.05, 4.69) is 25.1 Å². The van der Waals surface area contributed by atoms with Crippen LogP contribution in [0.4, 0.5) is 5.69 Å². The van der Waals surface area contributed by atoms with Crippen molar-refractivity contribution in [3.63, 3.8) is 0 Å². The molecule has 2 rings (SSSR count). The molecular formula is C13H18N2OS. The van der Waals surface area contributed by atoms with Gasteiger partial charge in [0.1, 0.15) is 6.23 Å². The zero-order valence-corrected chi connectivity index (χ0v) is 11.0. The van der Waals surface area contributed by atoms with Gasteiger partial charge in [-0.3, -0.25) is 10.3 Å².